The van der Waals surface area contributed by atoms with Gasteiger partial charge in [0.25, 0.3) is 0 Å². The Hall–Kier alpha value is -1.63. The van der Waals surface area contributed by atoms with E-state index in [1.54, 1.807) is 24.3 Å². The van der Waals surface area contributed by atoms with E-state index in [9.17, 15) is 9.59 Å². The summed E-state index contributed by atoms with van der Waals surface area (Å²) in [5.74, 6) is -0.511. The first-order valence-electron chi connectivity index (χ1n) is 7.04. The van der Waals surface area contributed by atoms with Crippen LogP contribution in [0.2, 0.25) is 0 Å². The summed E-state index contributed by atoms with van der Waals surface area (Å²) in [6, 6.07) is 6.96. The summed E-state index contributed by atoms with van der Waals surface area (Å²) in [6.07, 6.45) is 1.84. The third-order valence-corrected chi connectivity index (χ3v) is 3.57. The standard InChI is InChI=1S/C15H21N3O3.ClH/c1-21-15(20)11-3-2-4-13(9-11)17-14(19)10-18-7-5-12(16)6-8-18;/h2-4,9,12H,5-8,10,16H2,1H3,(H,17,19);1H. The second kappa shape index (κ2) is 8.73. The molecule has 0 radical (unpaired) electrons. The van der Waals surface area contributed by atoms with Crippen molar-refractivity contribution in [3.05, 3.63) is 29.8 Å². The molecule has 7 heteroatoms. The van der Waals surface area contributed by atoms with Crippen LogP contribution in [0.15, 0.2) is 24.3 Å². The number of esters is 1. The second-order valence-electron chi connectivity index (χ2n) is 5.23. The highest BCUT2D eigenvalue weighted by molar-refractivity contribution is 5.95. The number of halogens is 1. The maximum absolute atomic E-state index is 12.0. The first-order valence-corrected chi connectivity index (χ1v) is 7.04. The predicted octanol–water partition coefficient (Wildman–Crippen LogP) is 1.26. The molecule has 1 aliphatic rings. The molecule has 1 fully saturated rings. The third-order valence-electron chi connectivity index (χ3n) is 3.57. The fraction of sp³-hybridized carbons (Fsp3) is 0.467. The van der Waals surface area contributed by atoms with Crippen LogP contribution < -0.4 is 11.1 Å². The quantitative estimate of drug-likeness (QED) is 0.813. The van der Waals surface area contributed by atoms with Crippen LogP contribution in [0.4, 0.5) is 5.69 Å². The molecule has 122 valence electrons. The zero-order valence-electron chi connectivity index (χ0n) is 12.6. The van der Waals surface area contributed by atoms with Crippen LogP contribution in [-0.4, -0.2) is 49.6 Å². The highest BCUT2D eigenvalue weighted by Crippen LogP contribution is 2.12. The van der Waals surface area contributed by atoms with Crippen molar-refractivity contribution >= 4 is 30.0 Å². The Morgan fingerprint density at radius 2 is 2.05 bits per heavy atom. The molecule has 0 unspecified atom stereocenters. The van der Waals surface area contributed by atoms with Gasteiger partial charge in [-0.25, -0.2) is 4.79 Å². The summed E-state index contributed by atoms with van der Waals surface area (Å²) in [5.41, 5.74) is 6.85. The van der Waals surface area contributed by atoms with Gasteiger partial charge in [0.2, 0.25) is 5.91 Å². The first kappa shape index (κ1) is 18.4. The van der Waals surface area contributed by atoms with E-state index in [0.717, 1.165) is 25.9 Å². The first-order chi connectivity index (χ1) is 10.1. The van der Waals surface area contributed by atoms with Crippen molar-refractivity contribution in [3.8, 4) is 0 Å². The van der Waals surface area contributed by atoms with E-state index in [4.69, 9.17) is 5.73 Å². The molecule has 0 aliphatic carbocycles. The third kappa shape index (κ3) is 5.29. The Morgan fingerprint density at radius 3 is 2.68 bits per heavy atom. The van der Waals surface area contributed by atoms with Gasteiger partial charge in [-0.15, -0.1) is 12.4 Å². The Kier molecular flexibility index (Phi) is 7.31. The van der Waals surface area contributed by atoms with Gasteiger partial charge >= 0.3 is 5.97 Å². The van der Waals surface area contributed by atoms with Crippen molar-refractivity contribution in [3.63, 3.8) is 0 Å². The lowest BCUT2D eigenvalue weighted by atomic mass is 10.1. The maximum atomic E-state index is 12.0. The number of nitrogens with two attached hydrogens (primary N) is 1. The van der Waals surface area contributed by atoms with Crippen LogP contribution >= 0.6 is 12.4 Å². The number of nitrogens with one attached hydrogen (secondary N) is 1. The van der Waals surface area contributed by atoms with E-state index in [-0.39, 0.29) is 24.4 Å². The van der Waals surface area contributed by atoms with Crippen LogP contribution in [0.5, 0.6) is 0 Å². The summed E-state index contributed by atoms with van der Waals surface area (Å²) < 4.78 is 4.66. The minimum atomic E-state index is -0.420. The van der Waals surface area contributed by atoms with E-state index in [1.807, 2.05) is 0 Å². The summed E-state index contributed by atoms with van der Waals surface area (Å²) >= 11 is 0. The van der Waals surface area contributed by atoms with Gasteiger partial charge in [-0.05, 0) is 31.0 Å². The summed E-state index contributed by atoms with van der Waals surface area (Å²) in [4.78, 5) is 25.5. The van der Waals surface area contributed by atoms with Gasteiger partial charge in [-0.3, -0.25) is 9.69 Å². The van der Waals surface area contributed by atoms with Crippen molar-refractivity contribution in [2.24, 2.45) is 5.73 Å². The number of anilines is 1. The molecule has 0 aromatic heterocycles. The minimum Gasteiger partial charge on any atom is -0.465 e. The molecule has 0 bridgehead atoms. The molecule has 0 atom stereocenters. The van der Waals surface area contributed by atoms with E-state index in [0.29, 0.717) is 17.8 Å². The fourth-order valence-electron chi connectivity index (χ4n) is 2.36. The lowest BCUT2D eigenvalue weighted by Gasteiger charge is -2.29. The number of carbonyl (C=O) groups excluding carboxylic acids is 2. The summed E-state index contributed by atoms with van der Waals surface area (Å²) in [5, 5.41) is 2.80. The molecular weight excluding hydrogens is 306 g/mol. The van der Waals surface area contributed by atoms with Crippen molar-refractivity contribution < 1.29 is 14.3 Å². The SMILES string of the molecule is COC(=O)c1cccc(NC(=O)CN2CCC(N)CC2)c1.Cl. The van der Waals surface area contributed by atoms with E-state index >= 15 is 0 Å². The lowest BCUT2D eigenvalue weighted by Crippen LogP contribution is -2.43. The molecule has 1 aliphatic heterocycles. The highest BCUT2D eigenvalue weighted by Gasteiger charge is 2.18. The summed E-state index contributed by atoms with van der Waals surface area (Å²) in [6.45, 7) is 2.03. The lowest BCUT2D eigenvalue weighted by molar-refractivity contribution is -0.117. The zero-order chi connectivity index (χ0) is 15.2. The molecule has 22 heavy (non-hydrogen) atoms. The van der Waals surface area contributed by atoms with Gasteiger partial charge in [0.15, 0.2) is 0 Å². The Labute approximate surface area is 136 Å². The zero-order valence-corrected chi connectivity index (χ0v) is 13.4. The van der Waals surface area contributed by atoms with Crippen molar-refractivity contribution in [1.82, 2.24) is 4.90 Å². The molecule has 1 saturated heterocycles. The van der Waals surface area contributed by atoms with Gasteiger partial charge < -0.3 is 15.8 Å². The topological polar surface area (TPSA) is 84.7 Å². The van der Waals surface area contributed by atoms with E-state index < -0.39 is 5.97 Å². The second-order valence-corrected chi connectivity index (χ2v) is 5.23. The molecule has 1 aromatic rings. The molecule has 2 rings (SSSR count). The molecule has 1 aromatic carbocycles. The number of piperidine rings is 1. The van der Waals surface area contributed by atoms with Gasteiger partial charge in [-0.2, -0.15) is 0 Å². The van der Waals surface area contributed by atoms with Gasteiger partial charge in [0.1, 0.15) is 0 Å². The van der Waals surface area contributed by atoms with Gasteiger partial charge in [-0.1, -0.05) is 6.07 Å². The Morgan fingerprint density at radius 1 is 1.36 bits per heavy atom. The smallest absolute Gasteiger partial charge is 0.337 e. The number of nitrogens with zero attached hydrogens (tertiary/aromatic N) is 1. The number of carbonyl (C=O) groups is 2. The van der Waals surface area contributed by atoms with Crippen molar-refractivity contribution in [2.75, 3.05) is 32.1 Å². The van der Waals surface area contributed by atoms with Crippen LogP contribution in [-0.2, 0) is 9.53 Å². The molecule has 6 nitrogen and oxygen atoms in total. The average Bonchev–Trinajstić information content (AvgIpc) is 2.49. The number of rotatable bonds is 4. The number of likely N-dealkylation sites (tertiary alicyclic amines) is 1. The fourth-order valence-corrected chi connectivity index (χ4v) is 2.36. The van der Waals surface area contributed by atoms with Crippen LogP contribution in [0, 0.1) is 0 Å². The molecule has 1 heterocycles. The highest BCUT2D eigenvalue weighted by atomic mass is 35.5. The van der Waals surface area contributed by atoms with E-state index in [2.05, 4.69) is 15.0 Å². The maximum Gasteiger partial charge on any atom is 0.337 e. The van der Waals surface area contributed by atoms with E-state index in [1.165, 1.54) is 7.11 Å². The molecular formula is C15H22ClN3O3. The number of methoxy groups -OCH3 is 1. The minimum absolute atomic E-state index is 0. The Bertz CT molecular complexity index is 517. The summed E-state index contributed by atoms with van der Waals surface area (Å²) in [7, 11) is 1.33. The average molecular weight is 328 g/mol. The number of ether oxygens (including phenoxy) is 1. The Balaban J connectivity index is 0.00000242. The van der Waals surface area contributed by atoms with Crippen molar-refractivity contribution in [2.45, 2.75) is 18.9 Å². The van der Waals surface area contributed by atoms with Gasteiger partial charge in [0, 0.05) is 24.8 Å². The monoisotopic (exact) mass is 327 g/mol. The number of benzene rings is 1. The molecule has 0 saturated carbocycles. The van der Waals surface area contributed by atoms with Crippen LogP contribution in [0.3, 0.4) is 0 Å². The predicted molar refractivity (Wildman–Crippen MR) is 87.3 cm³/mol. The molecule has 0 spiro atoms. The van der Waals surface area contributed by atoms with Crippen molar-refractivity contribution in [1.29, 1.82) is 0 Å². The van der Waals surface area contributed by atoms with Crippen LogP contribution in [0.1, 0.15) is 23.2 Å². The molecule has 1 amide bonds. The van der Waals surface area contributed by atoms with Crippen LogP contribution in [0.25, 0.3) is 0 Å². The number of hydrogen-bond acceptors (Lipinski definition) is 5. The number of amides is 1. The molecule has 3 N–H and O–H groups in total. The van der Waals surface area contributed by atoms with Gasteiger partial charge in [0.05, 0.1) is 19.2 Å². The number of hydrogen-bond donors (Lipinski definition) is 2. The normalized spacial score (nSPS) is 15.7. The largest absolute Gasteiger partial charge is 0.465 e.